The minimum atomic E-state index is -4.50. The van der Waals surface area contributed by atoms with Gasteiger partial charge < -0.3 is 4.74 Å². The Balaban J connectivity index is 1.65. The third-order valence-corrected chi connectivity index (χ3v) is 4.28. The minimum absolute atomic E-state index is 0.151. The number of hydrogen-bond acceptors (Lipinski definition) is 5. The van der Waals surface area contributed by atoms with Crippen molar-refractivity contribution in [1.82, 2.24) is 20.4 Å². The molecule has 0 saturated carbocycles. The molecule has 1 N–H and O–H groups in total. The molecule has 9 heteroatoms. The predicted octanol–water partition coefficient (Wildman–Crippen LogP) is 4.47. The van der Waals surface area contributed by atoms with Crippen LogP contribution >= 0.6 is 11.6 Å². The van der Waals surface area contributed by atoms with Crippen LogP contribution in [-0.4, -0.2) is 21.5 Å². The average Bonchev–Trinajstić information content (AvgIpc) is 3.03. The standard InChI is InChI=1S/C18H12ClF3N4O/c19-13-10-25-26-14(4-1-5-15(13)26)12-3-2-8-23-17(12)27-11-6-7-16(24-9-11)18(20,21)22/h1-9,25H,10H2. The van der Waals surface area contributed by atoms with E-state index >= 15 is 0 Å². The van der Waals surface area contributed by atoms with Crippen molar-refractivity contribution in [2.75, 3.05) is 6.54 Å². The van der Waals surface area contributed by atoms with Crippen molar-refractivity contribution >= 4 is 17.3 Å². The van der Waals surface area contributed by atoms with Crippen molar-refractivity contribution in [2.45, 2.75) is 6.18 Å². The normalized spacial score (nSPS) is 16.4. The van der Waals surface area contributed by atoms with Crippen LogP contribution in [0.2, 0.25) is 0 Å². The second-order valence-corrected chi connectivity index (χ2v) is 6.16. The highest BCUT2D eigenvalue weighted by molar-refractivity contribution is 6.30. The smallest absolute Gasteiger partial charge is 0.433 e. The number of nitrogens with zero attached hydrogens (tertiary/aromatic N) is 3. The first kappa shape index (κ1) is 17.6. The fraction of sp³-hybridized carbons (Fsp3) is 0.111. The number of fused-ring (bicyclic) bond motifs is 1. The molecule has 27 heavy (non-hydrogen) atoms. The quantitative estimate of drug-likeness (QED) is 0.835. The maximum absolute atomic E-state index is 12.7. The summed E-state index contributed by atoms with van der Waals surface area (Å²) in [6.07, 6.45) is 3.65. The van der Waals surface area contributed by atoms with Crippen LogP contribution in [0.25, 0.3) is 5.70 Å². The van der Waals surface area contributed by atoms with E-state index in [2.05, 4.69) is 15.4 Å². The second-order valence-electron chi connectivity index (χ2n) is 5.71. The van der Waals surface area contributed by atoms with Crippen molar-refractivity contribution in [2.24, 2.45) is 0 Å². The lowest BCUT2D eigenvalue weighted by molar-refractivity contribution is -0.141. The summed E-state index contributed by atoms with van der Waals surface area (Å²) in [7, 11) is 0. The van der Waals surface area contributed by atoms with Crippen LogP contribution in [0.3, 0.4) is 0 Å². The fourth-order valence-electron chi connectivity index (χ4n) is 2.73. The van der Waals surface area contributed by atoms with Crippen molar-refractivity contribution < 1.29 is 17.9 Å². The SMILES string of the molecule is FC(F)(F)c1ccc(Oc2ncccc2C2=CC=CC3=C(Cl)CNN23)cn1. The Labute approximate surface area is 157 Å². The monoisotopic (exact) mass is 392 g/mol. The van der Waals surface area contributed by atoms with Gasteiger partial charge in [-0.1, -0.05) is 17.7 Å². The molecule has 2 aliphatic heterocycles. The maximum atomic E-state index is 12.7. The minimum Gasteiger partial charge on any atom is -0.437 e. The molecule has 2 aromatic rings. The molecule has 4 heterocycles. The van der Waals surface area contributed by atoms with Gasteiger partial charge in [0.05, 0.1) is 34.7 Å². The number of alkyl halides is 3. The zero-order valence-electron chi connectivity index (χ0n) is 13.7. The first-order valence-electron chi connectivity index (χ1n) is 7.90. The number of hydrogen-bond donors (Lipinski definition) is 1. The molecule has 2 aromatic heterocycles. The van der Waals surface area contributed by atoms with E-state index in [4.69, 9.17) is 16.3 Å². The number of nitrogens with one attached hydrogen (secondary N) is 1. The van der Waals surface area contributed by atoms with Crippen molar-refractivity contribution in [1.29, 1.82) is 0 Å². The summed E-state index contributed by atoms with van der Waals surface area (Å²) in [5.41, 5.74) is 4.40. The number of aromatic nitrogens is 2. The summed E-state index contributed by atoms with van der Waals surface area (Å²) in [6, 6.07) is 5.62. The Morgan fingerprint density at radius 1 is 1.19 bits per heavy atom. The van der Waals surface area contributed by atoms with Gasteiger partial charge in [-0.2, -0.15) is 13.2 Å². The van der Waals surface area contributed by atoms with E-state index in [1.54, 1.807) is 12.1 Å². The van der Waals surface area contributed by atoms with Crippen LogP contribution in [-0.2, 0) is 6.18 Å². The lowest BCUT2D eigenvalue weighted by atomic mass is 10.1. The van der Waals surface area contributed by atoms with Gasteiger partial charge in [0.25, 0.3) is 0 Å². The largest absolute Gasteiger partial charge is 0.437 e. The molecule has 0 unspecified atom stereocenters. The zero-order valence-corrected chi connectivity index (χ0v) is 14.4. The predicted molar refractivity (Wildman–Crippen MR) is 93.4 cm³/mol. The molecule has 138 valence electrons. The Bertz CT molecular complexity index is 967. The van der Waals surface area contributed by atoms with Gasteiger partial charge in [-0.15, -0.1) is 0 Å². The van der Waals surface area contributed by atoms with Gasteiger partial charge in [-0.3, -0.25) is 5.01 Å². The van der Waals surface area contributed by atoms with E-state index in [0.29, 0.717) is 17.1 Å². The van der Waals surface area contributed by atoms with E-state index in [-0.39, 0.29) is 11.6 Å². The highest BCUT2D eigenvalue weighted by atomic mass is 35.5. The van der Waals surface area contributed by atoms with E-state index < -0.39 is 11.9 Å². The van der Waals surface area contributed by atoms with Crippen LogP contribution in [0, 0.1) is 0 Å². The number of pyridine rings is 2. The lowest BCUT2D eigenvalue weighted by Gasteiger charge is -2.26. The van der Waals surface area contributed by atoms with Gasteiger partial charge in [0.15, 0.2) is 0 Å². The summed E-state index contributed by atoms with van der Waals surface area (Å²) in [4.78, 5) is 7.61. The highest BCUT2D eigenvalue weighted by Crippen LogP contribution is 2.36. The van der Waals surface area contributed by atoms with Gasteiger partial charge in [-0.05, 0) is 36.4 Å². The molecule has 5 nitrogen and oxygen atoms in total. The first-order valence-corrected chi connectivity index (χ1v) is 8.28. The van der Waals surface area contributed by atoms with Crippen LogP contribution in [0.15, 0.2) is 65.6 Å². The summed E-state index contributed by atoms with van der Waals surface area (Å²) in [6.45, 7) is 0.498. The topological polar surface area (TPSA) is 50.3 Å². The molecule has 2 aliphatic rings. The summed E-state index contributed by atoms with van der Waals surface area (Å²) in [5.74, 6) is 0.392. The maximum Gasteiger partial charge on any atom is 0.433 e. The molecule has 0 aliphatic carbocycles. The third kappa shape index (κ3) is 3.41. The molecule has 0 aromatic carbocycles. The Hall–Kier alpha value is -2.84. The van der Waals surface area contributed by atoms with Crippen molar-refractivity contribution in [3.63, 3.8) is 0 Å². The summed E-state index contributed by atoms with van der Waals surface area (Å²) < 4.78 is 43.7. The molecule has 0 amide bonds. The van der Waals surface area contributed by atoms with E-state index in [1.165, 1.54) is 12.3 Å². The number of allylic oxidation sites excluding steroid dienone is 3. The summed E-state index contributed by atoms with van der Waals surface area (Å²) >= 11 is 6.21. The second kappa shape index (κ2) is 6.71. The lowest BCUT2D eigenvalue weighted by Crippen LogP contribution is -2.31. The van der Waals surface area contributed by atoms with Crippen molar-refractivity contribution in [3.05, 3.63) is 76.9 Å². The van der Waals surface area contributed by atoms with Gasteiger partial charge in [0.2, 0.25) is 5.88 Å². The van der Waals surface area contributed by atoms with Crippen LogP contribution in [0.4, 0.5) is 13.2 Å². The van der Waals surface area contributed by atoms with E-state index in [9.17, 15) is 13.2 Å². The van der Waals surface area contributed by atoms with E-state index in [0.717, 1.165) is 23.7 Å². The van der Waals surface area contributed by atoms with Crippen LogP contribution in [0.5, 0.6) is 11.6 Å². The molecule has 0 fully saturated rings. The van der Waals surface area contributed by atoms with Crippen molar-refractivity contribution in [3.8, 4) is 11.6 Å². The van der Waals surface area contributed by atoms with Gasteiger partial charge in [0.1, 0.15) is 11.4 Å². The molecular formula is C18H12ClF3N4O. The first-order chi connectivity index (χ1) is 12.9. The molecule has 0 atom stereocenters. The molecule has 0 saturated heterocycles. The van der Waals surface area contributed by atoms with E-state index in [1.807, 2.05) is 23.2 Å². The highest BCUT2D eigenvalue weighted by Gasteiger charge is 2.32. The van der Waals surface area contributed by atoms with Crippen LogP contribution in [0.1, 0.15) is 11.3 Å². The zero-order chi connectivity index (χ0) is 19.0. The van der Waals surface area contributed by atoms with Crippen LogP contribution < -0.4 is 10.2 Å². The van der Waals surface area contributed by atoms with Gasteiger partial charge in [0, 0.05) is 6.20 Å². The number of hydrazine groups is 1. The molecular weight excluding hydrogens is 381 g/mol. The summed E-state index contributed by atoms with van der Waals surface area (Å²) in [5, 5.41) is 2.49. The Morgan fingerprint density at radius 3 is 2.78 bits per heavy atom. The molecule has 0 radical (unpaired) electrons. The molecule has 0 spiro atoms. The number of rotatable bonds is 3. The third-order valence-electron chi connectivity index (χ3n) is 3.95. The van der Waals surface area contributed by atoms with Gasteiger partial charge >= 0.3 is 6.18 Å². The Morgan fingerprint density at radius 2 is 2.04 bits per heavy atom. The molecule has 4 rings (SSSR count). The number of halogens is 4. The average molecular weight is 393 g/mol. The fourth-order valence-corrected chi connectivity index (χ4v) is 2.93. The Kier molecular flexibility index (Phi) is 4.37. The molecule has 0 bridgehead atoms. The van der Waals surface area contributed by atoms with Gasteiger partial charge in [-0.25, -0.2) is 15.4 Å². The number of ether oxygens (including phenoxy) is 1.